The molecule has 3 nitrogen and oxygen atoms in total. The van der Waals surface area contributed by atoms with Gasteiger partial charge in [0, 0.05) is 30.3 Å². The van der Waals surface area contributed by atoms with E-state index in [1.807, 2.05) is 18.8 Å². The summed E-state index contributed by atoms with van der Waals surface area (Å²) in [5.74, 6) is 1.30. The van der Waals surface area contributed by atoms with E-state index in [1.54, 1.807) is 0 Å². The van der Waals surface area contributed by atoms with Gasteiger partial charge in [-0.15, -0.1) is 24.0 Å². The molecule has 5 heteroatoms. The molecule has 0 saturated heterocycles. The molecule has 2 N–H and O–H groups in total. The van der Waals surface area contributed by atoms with E-state index in [-0.39, 0.29) is 28.7 Å². The number of benzene rings is 1. The third-order valence-corrected chi connectivity index (χ3v) is 5.15. The summed E-state index contributed by atoms with van der Waals surface area (Å²) < 4.78 is 0.200. The summed E-state index contributed by atoms with van der Waals surface area (Å²) in [6.45, 7) is 9.79. The first-order valence-electron chi connectivity index (χ1n) is 7.47. The molecule has 0 aliphatic carbocycles. The predicted molar refractivity (Wildman–Crippen MR) is 112 cm³/mol. The van der Waals surface area contributed by atoms with Crippen molar-refractivity contribution in [3.8, 4) is 0 Å². The van der Waals surface area contributed by atoms with Gasteiger partial charge in [0.25, 0.3) is 0 Å². The van der Waals surface area contributed by atoms with Crippen molar-refractivity contribution < 1.29 is 0 Å². The number of nitrogens with zero attached hydrogens (tertiary/aromatic N) is 1. The zero-order valence-corrected chi connectivity index (χ0v) is 17.7. The van der Waals surface area contributed by atoms with Gasteiger partial charge < -0.3 is 10.6 Å². The average molecular weight is 435 g/mol. The van der Waals surface area contributed by atoms with Crippen LogP contribution in [-0.2, 0) is 0 Å². The molecule has 0 aliphatic rings. The summed E-state index contributed by atoms with van der Waals surface area (Å²) in [6, 6.07) is 10.9. The highest BCUT2D eigenvalue weighted by atomic mass is 127. The minimum Gasteiger partial charge on any atom is -0.355 e. The van der Waals surface area contributed by atoms with Crippen LogP contribution in [0.5, 0.6) is 0 Å². The zero-order valence-electron chi connectivity index (χ0n) is 14.5. The Hall–Kier alpha value is -0.430. The third kappa shape index (κ3) is 7.22. The van der Waals surface area contributed by atoms with Gasteiger partial charge >= 0.3 is 0 Å². The molecule has 22 heavy (non-hydrogen) atoms. The van der Waals surface area contributed by atoms with Gasteiger partial charge in [-0.25, -0.2) is 0 Å². The van der Waals surface area contributed by atoms with Crippen LogP contribution >= 0.6 is 35.7 Å². The smallest absolute Gasteiger partial charge is 0.191 e. The number of nitrogens with one attached hydrogen (secondary N) is 2. The van der Waals surface area contributed by atoms with Crippen molar-refractivity contribution in [3.05, 3.63) is 35.9 Å². The van der Waals surface area contributed by atoms with E-state index in [0.29, 0.717) is 12.0 Å². The lowest BCUT2D eigenvalue weighted by atomic mass is 9.94. The van der Waals surface area contributed by atoms with Gasteiger partial charge in [0.15, 0.2) is 5.96 Å². The molecular weight excluding hydrogens is 405 g/mol. The van der Waals surface area contributed by atoms with Crippen molar-refractivity contribution in [1.29, 1.82) is 0 Å². The quantitative estimate of drug-likeness (QED) is 0.401. The van der Waals surface area contributed by atoms with Crippen molar-refractivity contribution >= 4 is 41.7 Å². The van der Waals surface area contributed by atoms with E-state index in [0.717, 1.165) is 12.5 Å². The molecule has 0 radical (unpaired) electrons. The fourth-order valence-electron chi connectivity index (χ4n) is 1.95. The SMILES string of the molecule is CN=C(NCC(C)(C)SC)NC(C)C(C)c1ccccc1.I. The summed E-state index contributed by atoms with van der Waals surface area (Å²) in [5.41, 5.74) is 1.34. The maximum Gasteiger partial charge on any atom is 0.191 e. The van der Waals surface area contributed by atoms with Gasteiger partial charge in [0.1, 0.15) is 0 Å². The Morgan fingerprint density at radius 3 is 2.32 bits per heavy atom. The lowest BCUT2D eigenvalue weighted by Crippen LogP contribution is -2.47. The van der Waals surface area contributed by atoms with Gasteiger partial charge in [-0.1, -0.05) is 37.3 Å². The monoisotopic (exact) mass is 435 g/mol. The van der Waals surface area contributed by atoms with Crippen LogP contribution < -0.4 is 10.6 Å². The number of hydrogen-bond acceptors (Lipinski definition) is 2. The molecule has 0 amide bonds. The van der Waals surface area contributed by atoms with Crippen molar-refractivity contribution in [1.82, 2.24) is 10.6 Å². The fraction of sp³-hybridized carbons (Fsp3) is 0.588. The minimum absolute atomic E-state index is 0. The van der Waals surface area contributed by atoms with E-state index >= 15 is 0 Å². The Morgan fingerprint density at radius 1 is 1.23 bits per heavy atom. The van der Waals surface area contributed by atoms with Gasteiger partial charge in [0.2, 0.25) is 0 Å². The minimum atomic E-state index is 0. The predicted octanol–water partition coefficient (Wildman–Crippen LogP) is 4.10. The standard InChI is InChI=1S/C17H29N3S.HI/c1-13(15-10-8-7-9-11-15)14(2)20-16(18-5)19-12-17(3,4)21-6;/h7-11,13-14H,12H2,1-6H3,(H2,18,19,20);1H. The molecule has 0 saturated carbocycles. The summed E-state index contributed by atoms with van der Waals surface area (Å²) in [6.07, 6.45) is 2.14. The largest absolute Gasteiger partial charge is 0.355 e. The Bertz CT molecular complexity index is 448. The molecule has 1 aromatic rings. The number of thioether (sulfide) groups is 1. The maximum absolute atomic E-state index is 4.33. The molecule has 0 aliphatic heterocycles. The van der Waals surface area contributed by atoms with E-state index in [4.69, 9.17) is 0 Å². The molecule has 0 spiro atoms. The highest BCUT2D eigenvalue weighted by molar-refractivity contribution is 14.0. The van der Waals surface area contributed by atoms with Crippen LogP contribution in [0, 0.1) is 0 Å². The maximum atomic E-state index is 4.33. The number of halogens is 1. The third-order valence-electron chi connectivity index (χ3n) is 3.90. The van der Waals surface area contributed by atoms with Crippen molar-refractivity contribution in [2.24, 2.45) is 4.99 Å². The Morgan fingerprint density at radius 2 is 1.82 bits per heavy atom. The average Bonchev–Trinajstić information content (AvgIpc) is 2.51. The Kier molecular flexibility index (Phi) is 10.2. The summed E-state index contributed by atoms with van der Waals surface area (Å²) in [4.78, 5) is 4.33. The van der Waals surface area contributed by atoms with Crippen molar-refractivity contribution in [2.45, 2.75) is 44.4 Å². The molecular formula is C17H30IN3S. The normalized spacial score (nSPS) is 14.7. The number of rotatable bonds is 6. The molecule has 2 atom stereocenters. The van der Waals surface area contributed by atoms with E-state index in [1.165, 1.54) is 5.56 Å². The summed E-state index contributed by atoms with van der Waals surface area (Å²) in [5, 5.41) is 6.91. The first-order chi connectivity index (χ1) is 9.89. The second-order valence-corrected chi connectivity index (χ2v) is 7.54. The zero-order chi connectivity index (χ0) is 15.9. The number of hydrogen-bond donors (Lipinski definition) is 2. The molecule has 126 valence electrons. The summed E-state index contributed by atoms with van der Waals surface area (Å²) >= 11 is 1.86. The van der Waals surface area contributed by atoms with E-state index in [9.17, 15) is 0 Å². The van der Waals surface area contributed by atoms with Crippen LogP contribution in [-0.4, -0.2) is 36.6 Å². The first kappa shape index (κ1) is 21.6. The molecule has 0 bridgehead atoms. The van der Waals surface area contributed by atoms with Crippen LogP contribution in [0.3, 0.4) is 0 Å². The fourth-order valence-corrected chi connectivity index (χ4v) is 2.17. The van der Waals surface area contributed by atoms with Crippen molar-refractivity contribution in [3.63, 3.8) is 0 Å². The van der Waals surface area contributed by atoms with E-state index in [2.05, 4.69) is 79.9 Å². The van der Waals surface area contributed by atoms with Crippen LogP contribution in [0.4, 0.5) is 0 Å². The molecule has 2 unspecified atom stereocenters. The highest BCUT2D eigenvalue weighted by Gasteiger charge is 2.18. The lowest BCUT2D eigenvalue weighted by Gasteiger charge is -2.27. The van der Waals surface area contributed by atoms with Gasteiger partial charge in [-0.2, -0.15) is 11.8 Å². The first-order valence-corrected chi connectivity index (χ1v) is 8.69. The van der Waals surface area contributed by atoms with Crippen LogP contribution in [0.2, 0.25) is 0 Å². The topological polar surface area (TPSA) is 36.4 Å². The van der Waals surface area contributed by atoms with Crippen LogP contribution in [0.15, 0.2) is 35.3 Å². The molecule has 0 fully saturated rings. The Balaban J connectivity index is 0.00000441. The van der Waals surface area contributed by atoms with Crippen molar-refractivity contribution in [2.75, 3.05) is 19.8 Å². The second kappa shape index (κ2) is 10.4. The molecule has 0 aromatic heterocycles. The summed E-state index contributed by atoms with van der Waals surface area (Å²) in [7, 11) is 1.82. The lowest BCUT2D eigenvalue weighted by molar-refractivity contribution is 0.545. The van der Waals surface area contributed by atoms with Gasteiger partial charge in [-0.05, 0) is 32.6 Å². The van der Waals surface area contributed by atoms with E-state index < -0.39 is 0 Å². The second-order valence-electron chi connectivity index (χ2n) is 6.02. The van der Waals surface area contributed by atoms with Crippen LogP contribution in [0.25, 0.3) is 0 Å². The molecule has 1 aromatic carbocycles. The molecule has 0 heterocycles. The van der Waals surface area contributed by atoms with Gasteiger partial charge in [0.05, 0.1) is 0 Å². The highest BCUT2D eigenvalue weighted by Crippen LogP contribution is 2.20. The van der Waals surface area contributed by atoms with Crippen LogP contribution in [0.1, 0.15) is 39.2 Å². The molecule has 1 rings (SSSR count). The number of aliphatic imine (C=N–C) groups is 1. The Labute approximate surface area is 157 Å². The number of guanidine groups is 1. The van der Waals surface area contributed by atoms with Gasteiger partial charge in [-0.3, -0.25) is 4.99 Å².